The summed E-state index contributed by atoms with van der Waals surface area (Å²) in [6, 6.07) is 25.2. The molecule has 0 fully saturated rings. The fourth-order valence-electron chi connectivity index (χ4n) is 3.53. The minimum absolute atomic E-state index is 0.0574. The molecule has 2 atom stereocenters. The topological polar surface area (TPSA) is 50.8 Å². The van der Waals surface area contributed by atoms with Crippen molar-refractivity contribution in [3.63, 3.8) is 0 Å². The zero-order valence-corrected chi connectivity index (χ0v) is 17.2. The molecule has 4 rings (SSSR count). The van der Waals surface area contributed by atoms with Gasteiger partial charge in [0.15, 0.2) is 11.5 Å². The summed E-state index contributed by atoms with van der Waals surface area (Å²) in [6.07, 6.45) is -0.128. The van der Waals surface area contributed by atoms with Crippen molar-refractivity contribution in [3.05, 3.63) is 78.9 Å². The average molecular weight is 402 g/mol. The molecule has 1 N–H and O–H groups in total. The SMILES string of the molecule is C[C@@H](C(=O)Nc1ccccc1-c1ccccc1)N(C)C[C@@H]1COc2ccccc2O1. The van der Waals surface area contributed by atoms with Crippen molar-refractivity contribution in [2.24, 2.45) is 0 Å². The Morgan fingerprint density at radius 3 is 2.47 bits per heavy atom. The second-order valence-electron chi connectivity index (χ2n) is 7.51. The molecule has 1 amide bonds. The van der Waals surface area contributed by atoms with Crippen molar-refractivity contribution in [1.82, 2.24) is 4.90 Å². The zero-order valence-electron chi connectivity index (χ0n) is 17.2. The van der Waals surface area contributed by atoms with E-state index in [1.807, 2.05) is 97.7 Å². The molecule has 3 aromatic rings. The lowest BCUT2D eigenvalue weighted by Gasteiger charge is -2.31. The molecule has 0 unspecified atom stereocenters. The van der Waals surface area contributed by atoms with Gasteiger partial charge in [-0.2, -0.15) is 0 Å². The number of anilines is 1. The van der Waals surface area contributed by atoms with Gasteiger partial charge in [-0.05, 0) is 37.7 Å². The highest BCUT2D eigenvalue weighted by Crippen LogP contribution is 2.31. The third-order valence-electron chi connectivity index (χ3n) is 5.37. The van der Waals surface area contributed by atoms with E-state index in [2.05, 4.69) is 5.32 Å². The number of nitrogens with one attached hydrogen (secondary N) is 1. The van der Waals surface area contributed by atoms with Crippen LogP contribution in [0.1, 0.15) is 6.92 Å². The molecule has 5 nitrogen and oxygen atoms in total. The number of rotatable bonds is 6. The first-order chi connectivity index (χ1) is 14.6. The predicted octanol–water partition coefficient (Wildman–Crippen LogP) is 4.45. The van der Waals surface area contributed by atoms with Crippen LogP contribution >= 0.6 is 0 Å². The van der Waals surface area contributed by atoms with Gasteiger partial charge in [-0.25, -0.2) is 0 Å². The largest absolute Gasteiger partial charge is 0.486 e. The van der Waals surface area contributed by atoms with Crippen LogP contribution in [-0.4, -0.2) is 43.2 Å². The molecule has 1 aliphatic rings. The van der Waals surface area contributed by atoms with E-state index in [1.165, 1.54) is 0 Å². The van der Waals surface area contributed by atoms with Crippen molar-refractivity contribution < 1.29 is 14.3 Å². The Bertz CT molecular complexity index is 1010. The number of amides is 1. The molecular formula is C25H26N2O3. The van der Waals surface area contributed by atoms with Gasteiger partial charge in [-0.3, -0.25) is 9.69 Å². The maximum absolute atomic E-state index is 13.0. The minimum atomic E-state index is -0.324. The molecule has 0 radical (unpaired) electrons. The molecule has 1 heterocycles. The van der Waals surface area contributed by atoms with E-state index in [0.29, 0.717) is 13.2 Å². The second kappa shape index (κ2) is 9.01. The lowest BCUT2D eigenvalue weighted by molar-refractivity contribution is -0.120. The second-order valence-corrected chi connectivity index (χ2v) is 7.51. The summed E-state index contributed by atoms with van der Waals surface area (Å²) in [4.78, 5) is 14.9. The molecule has 0 aromatic heterocycles. The van der Waals surface area contributed by atoms with Crippen LogP contribution in [0.4, 0.5) is 5.69 Å². The fraction of sp³-hybridized carbons (Fsp3) is 0.240. The molecule has 1 aliphatic heterocycles. The standard InChI is InChI=1S/C25H26N2O3/c1-18(27(2)16-20-17-29-23-14-8-9-15-24(23)30-20)25(28)26-22-13-7-6-12-21(22)19-10-4-3-5-11-19/h3-15,18,20H,16-17H2,1-2H3,(H,26,28)/t18-,20+/m0/s1. The molecule has 5 heteroatoms. The highest BCUT2D eigenvalue weighted by atomic mass is 16.6. The van der Waals surface area contributed by atoms with Crippen LogP contribution in [0.2, 0.25) is 0 Å². The van der Waals surface area contributed by atoms with E-state index < -0.39 is 0 Å². The van der Waals surface area contributed by atoms with Crippen molar-refractivity contribution in [2.45, 2.75) is 19.1 Å². The number of benzene rings is 3. The van der Waals surface area contributed by atoms with Gasteiger partial charge in [0.2, 0.25) is 5.91 Å². The van der Waals surface area contributed by atoms with Crippen LogP contribution in [0.15, 0.2) is 78.9 Å². The lowest BCUT2D eigenvalue weighted by Crippen LogP contribution is -2.46. The Morgan fingerprint density at radius 2 is 1.67 bits per heavy atom. The van der Waals surface area contributed by atoms with E-state index in [1.54, 1.807) is 0 Å². The van der Waals surface area contributed by atoms with Crippen LogP contribution in [0.3, 0.4) is 0 Å². The monoisotopic (exact) mass is 402 g/mol. The molecule has 0 saturated heterocycles. The van der Waals surface area contributed by atoms with Crippen molar-refractivity contribution in [3.8, 4) is 22.6 Å². The number of ether oxygens (including phenoxy) is 2. The number of carbonyl (C=O) groups excluding carboxylic acids is 1. The third kappa shape index (κ3) is 4.47. The number of hydrogen-bond donors (Lipinski definition) is 1. The Balaban J connectivity index is 1.40. The predicted molar refractivity (Wildman–Crippen MR) is 119 cm³/mol. The van der Waals surface area contributed by atoms with Gasteiger partial charge in [0, 0.05) is 17.8 Å². The van der Waals surface area contributed by atoms with Gasteiger partial charge in [0.1, 0.15) is 12.7 Å². The molecule has 3 aromatic carbocycles. The fourth-order valence-corrected chi connectivity index (χ4v) is 3.53. The minimum Gasteiger partial charge on any atom is -0.486 e. The number of likely N-dealkylation sites (N-methyl/N-ethyl adjacent to an activating group) is 1. The molecule has 0 saturated carbocycles. The summed E-state index contributed by atoms with van der Waals surface area (Å²) >= 11 is 0. The van der Waals surface area contributed by atoms with Gasteiger partial charge in [0.05, 0.1) is 6.04 Å². The highest BCUT2D eigenvalue weighted by Gasteiger charge is 2.26. The number of hydrogen-bond acceptors (Lipinski definition) is 4. The third-order valence-corrected chi connectivity index (χ3v) is 5.37. The average Bonchev–Trinajstić information content (AvgIpc) is 2.79. The molecule has 0 spiro atoms. The van der Waals surface area contributed by atoms with Crippen molar-refractivity contribution in [1.29, 1.82) is 0 Å². The van der Waals surface area contributed by atoms with E-state index in [9.17, 15) is 4.79 Å². The normalized spacial score (nSPS) is 16.2. The Kier molecular flexibility index (Phi) is 6.00. The van der Waals surface area contributed by atoms with Gasteiger partial charge in [0.25, 0.3) is 0 Å². The molecule has 154 valence electrons. The summed E-state index contributed by atoms with van der Waals surface area (Å²) in [7, 11) is 1.93. The van der Waals surface area contributed by atoms with Gasteiger partial charge in [-0.1, -0.05) is 60.7 Å². The quantitative estimate of drug-likeness (QED) is 0.662. The van der Waals surface area contributed by atoms with Gasteiger partial charge >= 0.3 is 0 Å². The first-order valence-corrected chi connectivity index (χ1v) is 10.2. The molecule has 0 aliphatic carbocycles. The van der Waals surface area contributed by atoms with Crippen LogP contribution in [0.25, 0.3) is 11.1 Å². The van der Waals surface area contributed by atoms with Crippen molar-refractivity contribution in [2.75, 3.05) is 25.5 Å². The molecule has 0 bridgehead atoms. The molecular weight excluding hydrogens is 376 g/mol. The number of para-hydroxylation sites is 3. The van der Waals surface area contributed by atoms with Crippen LogP contribution in [0, 0.1) is 0 Å². The summed E-state index contributed by atoms with van der Waals surface area (Å²) in [5.74, 6) is 1.45. The van der Waals surface area contributed by atoms with Crippen LogP contribution in [0.5, 0.6) is 11.5 Å². The smallest absolute Gasteiger partial charge is 0.241 e. The van der Waals surface area contributed by atoms with Crippen LogP contribution in [-0.2, 0) is 4.79 Å². The van der Waals surface area contributed by atoms with Gasteiger partial charge in [-0.15, -0.1) is 0 Å². The lowest BCUT2D eigenvalue weighted by atomic mass is 10.0. The van der Waals surface area contributed by atoms with Crippen molar-refractivity contribution >= 4 is 11.6 Å². The Hall–Kier alpha value is -3.31. The number of fused-ring (bicyclic) bond motifs is 1. The van der Waals surface area contributed by atoms with E-state index in [-0.39, 0.29) is 18.1 Å². The maximum atomic E-state index is 13.0. The maximum Gasteiger partial charge on any atom is 0.241 e. The first-order valence-electron chi connectivity index (χ1n) is 10.2. The summed E-state index contributed by atoms with van der Waals surface area (Å²) < 4.78 is 11.8. The Labute approximate surface area is 177 Å². The summed E-state index contributed by atoms with van der Waals surface area (Å²) in [5, 5.41) is 3.09. The summed E-state index contributed by atoms with van der Waals surface area (Å²) in [6.45, 7) is 2.95. The Morgan fingerprint density at radius 1 is 1.00 bits per heavy atom. The van der Waals surface area contributed by atoms with Gasteiger partial charge < -0.3 is 14.8 Å². The first kappa shape index (κ1) is 20.0. The van der Waals surface area contributed by atoms with E-state index >= 15 is 0 Å². The van der Waals surface area contributed by atoms with E-state index in [4.69, 9.17) is 9.47 Å². The zero-order chi connectivity index (χ0) is 20.9. The number of carbonyl (C=O) groups is 1. The molecule has 30 heavy (non-hydrogen) atoms. The highest BCUT2D eigenvalue weighted by molar-refractivity contribution is 5.98. The van der Waals surface area contributed by atoms with Crippen LogP contribution < -0.4 is 14.8 Å². The summed E-state index contributed by atoms with van der Waals surface area (Å²) in [5.41, 5.74) is 2.88. The van der Waals surface area contributed by atoms with E-state index in [0.717, 1.165) is 28.3 Å². The number of nitrogens with zero attached hydrogens (tertiary/aromatic N) is 1.